The Hall–Kier alpha value is -2.32. The predicted octanol–water partition coefficient (Wildman–Crippen LogP) is 2.06. The molecule has 92 valence electrons. The molecule has 0 aliphatic heterocycles. The largest absolute Gasteiger partial charge is 0.573 e. The highest BCUT2D eigenvalue weighted by atomic mass is 19.4. The fraction of sp³-hybridized carbons (Fsp3) is 0.125. The Morgan fingerprint density at radius 2 is 2.06 bits per heavy atom. The molecule has 17 heavy (non-hydrogen) atoms. The van der Waals surface area contributed by atoms with Crippen LogP contribution in [0.15, 0.2) is 18.2 Å². The summed E-state index contributed by atoms with van der Waals surface area (Å²) in [6.07, 6.45) is -4.76. The number of halogens is 3. The molecule has 0 fully saturated rings. The van der Waals surface area contributed by atoms with Crippen molar-refractivity contribution >= 4 is 17.8 Å². The average Bonchev–Trinajstić information content (AvgIpc) is 2.18. The quantitative estimate of drug-likeness (QED) is 0.503. The van der Waals surface area contributed by atoms with Crippen LogP contribution in [-0.2, 0) is 4.79 Å². The number of benzene rings is 1. The van der Waals surface area contributed by atoms with E-state index >= 15 is 0 Å². The maximum Gasteiger partial charge on any atom is 0.573 e. The zero-order valence-electron chi connectivity index (χ0n) is 8.02. The van der Waals surface area contributed by atoms with Gasteiger partial charge in [-0.25, -0.2) is 0 Å². The first-order valence-corrected chi connectivity index (χ1v) is 4.08. The highest BCUT2D eigenvalue weighted by molar-refractivity contribution is 5.78. The third-order valence-electron chi connectivity index (χ3n) is 1.61. The van der Waals surface area contributed by atoms with Crippen molar-refractivity contribution in [2.75, 3.05) is 5.32 Å². The number of amides is 1. The van der Waals surface area contributed by atoms with Crippen molar-refractivity contribution in [3.63, 3.8) is 0 Å². The molecule has 0 saturated carbocycles. The second-order valence-electron chi connectivity index (χ2n) is 2.75. The highest BCUT2D eigenvalue weighted by Gasteiger charge is 2.32. The van der Waals surface area contributed by atoms with Crippen LogP contribution in [-0.4, -0.2) is 17.7 Å². The molecular weight excluding hydrogens is 245 g/mol. The van der Waals surface area contributed by atoms with Gasteiger partial charge in [-0.1, -0.05) is 0 Å². The van der Waals surface area contributed by atoms with Crippen LogP contribution in [0.2, 0.25) is 0 Å². The van der Waals surface area contributed by atoms with Gasteiger partial charge in [0, 0.05) is 0 Å². The van der Waals surface area contributed by atoms with Crippen LogP contribution in [0.1, 0.15) is 0 Å². The van der Waals surface area contributed by atoms with Crippen LogP contribution in [0, 0.1) is 10.1 Å². The molecule has 1 rings (SSSR count). The van der Waals surface area contributed by atoms with Crippen molar-refractivity contribution < 1.29 is 27.6 Å². The van der Waals surface area contributed by atoms with Crippen molar-refractivity contribution in [2.45, 2.75) is 6.36 Å². The second kappa shape index (κ2) is 4.68. The summed E-state index contributed by atoms with van der Waals surface area (Å²) in [4.78, 5) is 19.7. The minimum atomic E-state index is -4.94. The van der Waals surface area contributed by atoms with Crippen LogP contribution < -0.4 is 10.1 Å². The lowest BCUT2D eigenvalue weighted by atomic mass is 10.2. The van der Waals surface area contributed by atoms with E-state index in [4.69, 9.17) is 0 Å². The fourth-order valence-electron chi connectivity index (χ4n) is 1.05. The molecule has 1 amide bonds. The third kappa shape index (κ3) is 3.63. The van der Waals surface area contributed by atoms with Gasteiger partial charge in [-0.2, -0.15) is 0 Å². The standard InChI is InChI=1S/C8H5F3N2O4/c9-8(10,11)17-5-1-2-6(12-4-14)7(3-5)13(15)16/h1-4H,(H,12,14). The molecule has 0 aromatic heterocycles. The van der Waals surface area contributed by atoms with E-state index < -0.39 is 22.7 Å². The first kappa shape index (κ1) is 12.7. The number of hydrogen-bond acceptors (Lipinski definition) is 4. The summed E-state index contributed by atoms with van der Waals surface area (Å²) < 4.78 is 39.1. The number of carbonyl (C=O) groups is 1. The van der Waals surface area contributed by atoms with E-state index in [1.165, 1.54) is 0 Å². The summed E-state index contributed by atoms with van der Waals surface area (Å²) in [7, 11) is 0. The number of carbonyl (C=O) groups excluding carboxylic acids is 1. The number of nitrogens with zero attached hydrogens (tertiary/aromatic N) is 1. The first-order chi connectivity index (χ1) is 7.83. The number of nitrogens with one attached hydrogen (secondary N) is 1. The normalized spacial score (nSPS) is 10.8. The summed E-state index contributed by atoms with van der Waals surface area (Å²) in [6, 6.07) is 2.36. The van der Waals surface area contributed by atoms with Gasteiger partial charge in [0.15, 0.2) is 0 Å². The molecule has 0 unspecified atom stereocenters. The lowest BCUT2D eigenvalue weighted by Crippen LogP contribution is -2.17. The van der Waals surface area contributed by atoms with Crippen molar-refractivity contribution in [1.29, 1.82) is 0 Å². The van der Waals surface area contributed by atoms with Crippen LogP contribution in [0.25, 0.3) is 0 Å². The number of nitro benzene ring substituents is 1. The van der Waals surface area contributed by atoms with Crippen molar-refractivity contribution in [3.8, 4) is 5.75 Å². The Morgan fingerprint density at radius 1 is 1.41 bits per heavy atom. The number of nitro groups is 1. The molecule has 0 radical (unpaired) electrons. The molecular formula is C8H5F3N2O4. The predicted molar refractivity (Wildman–Crippen MR) is 49.5 cm³/mol. The van der Waals surface area contributed by atoms with E-state index in [9.17, 15) is 28.1 Å². The number of ether oxygens (including phenoxy) is 1. The Kier molecular flexibility index (Phi) is 3.51. The molecule has 0 heterocycles. The second-order valence-corrected chi connectivity index (χ2v) is 2.75. The summed E-state index contributed by atoms with van der Waals surface area (Å²) in [5, 5.41) is 12.5. The van der Waals surface area contributed by atoms with Crippen LogP contribution in [0.5, 0.6) is 5.75 Å². The van der Waals surface area contributed by atoms with Gasteiger partial charge in [0.1, 0.15) is 11.4 Å². The van der Waals surface area contributed by atoms with E-state index in [1.807, 2.05) is 5.32 Å². The fourth-order valence-corrected chi connectivity index (χ4v) is 1.05. The molecule has 1 aromatic rings. The zero-order chi connectivity index (χ0) is 13.1. The molecule has 0 spiro atoms. The highest BCUT2D eigenvalue weighted by Crippen LogP contribution is 2.31. The minimum absolute atomic E-state index is 0.173. The summed E-state index contributed by atoms with van der Waals surface area (Å²) in [6.45, 7) is 0. The monoisotopic (exact) mass is 250 g/mol. The van der Waals surface area contributed by atoms with Gasteiger partial charge in [-0.15, -0.1) is 13.2 Å². The summed E-state index contributed by atoms with van der Waals surface area (Å²) in [5.74, 6) is -0.736. The molecule has 0 aliphatic carbocycles. The van der Waals surface area contributed by atoms with Gasteiger partial charge in [0.05, 0.1) is 11.0 Å². The van der Waals surface area contributed by atoms with Crippen LogP contribution in [0.3, 0.4) is 0 Å². The Bertz CT molecular complexity index is 447. The molecule has 0 saturated heterocycles. The maximum atomic E-state index is 11.9. The van der Waals surface area contributed by atoms with Gasteiger partial charge in [-0.05, 0) is 12.1 Å². The summed E-state index contributed by atoms with van der Waals surface area (Å²) >= 11 is 0. The Morgan fingerprint density at radius 3 is 2.53 bits per heavy atom. The number of alkyl halides is 3. The average molecular weight is 250 g/mol. The van der Waals surface area contributed by atoms with Gasteiger partial charge < -0.3 is 10.1 Å². The molecule has 1 aromatic carbocycles. The van der Waals surface area contributed by atoms with Gasteiger partial charge in [0.2, 0.25) is 6.41 Å². The van der Waals surface area contributed by atoms with Crippen molar-refractivity contribution in [3.05, 3.63) is 28.3 Å². The molecule has 0 aliphatic rings. The molecule has 6 nitrogen and oxygen atoms in total. The van der Waals surface area contributed by atoms with Gasteiger partial charge in [0.25, 0.3) is 5.69 Å². The minimum Gasteiger partial charge on any atom is -0.406 e. The third-order valence-corrected chi connectivity index (χ3v) is 1.61. The van der Waals surface area contributed by atoms with Crippen molar-refractivity contribution in [1.82, 2.24) is 0 Å². The van der Waals surface area contributed by atoms with Crippen LogP contribution in [0.4, 0.5) is 24.5 Å². The maximum absolute atomic E-state index is 11.9. The topological polar surface area (TPSA) is 81.5 Å². The lowest BCUT2D eigenvalue weighted by molar-refractivity contribution is -0.384. The Labute approximate surface area is 92.1 Å². The van der Waals surface area contributed by atoms with E-state index in [-0.39, 0.29) is 12.1 Å². The molecule has 0 atom stereocenters. The molecule has 1 N–H and O–H groups in total. The lowest BCUT2D eigenvalue weighted by Gasteiger charge is -2.09. The van der Waals surface area contributed by atoms with Gasteiger partial charge >= 0.3 is 6.36 Å². The zero-order valence-corrected chi connectivity index (χ0v) is 8.02. The summed E-state index contributed by atoms with van der Waals surface area (Å²) in [5.41, 5.74) is -0.918. The van der Waals surface area contributed by atoms with Crippen LogP contribution >= 0.6 is 0 Å². The van der Waals surface area contributed by atoms with E-state index in [0.29, 0.717) is 6.07 Å². The van der Waals surface area contributed by atoms with E-state index in [2.05, 4.69) is 4.74 Å². The number of rotatable bonds is 4. The Balaban J connectivity index is 3.09. The van der Waals surface area contributed by atoms with Gasteiger partial charge in [-0.3, -0.25) is 14.9 Å². The number of hydrogen-bond donors (Lipinski definition) is 1. The SMILES string of the molecule is O=CNc1ccc(OC(F)(F)F)cc1[N+](=O)[O-]. The number of anilines is 1. The van der Waals surface area contributed by atoms with Crippen molar-refractivity contribution in [2.24, 2.45) is 0 Å². The van der Waals surface area contributed by atoms with E-state index in [0.717, 1.165) is 12.1 Å². The molecule has 9 heteroatoms. The smallest absolute Gasteiger partial charge is 0.406 e. The first-order valence-electron chi connectivity index (χ1n) is 4.08. The molecule has 0 bridgehead atoms. The van der Waals surface area contributed by atoms with E-state index in [1.54, 1.807) is 0 Å².